The molecule has 1 aliphatic heterocycles. The summed E-state index contributed by atoms with van der Waals surface area (Å²) in [6.07, 6.45) is 2.09. The second-order valence-electron chi connectivity index (χ2n) is 5.03. The summed E-state index contributed by atoms with van der Waals surface area (Å²) in [6.45, 7) is 1.53. The van der Waals surface area contributed by atoms with Crippen LogP contribution in [-0.4, -0.2) is 42.9 Å². The minimum absolute atomic E-state index is 0.201. The molecular weight excluding hydrogens is 299 g/mol. The standard InChI is InChI=1S/C14H16F3N3O2/c15-9-3-4-10(14(17)13(9)16)19-11(21)7-18-12(22)8-20-5-1-2-6-20/h3-4H,1-2,5-8H2,(H,18,22)(H,19,21). The fraction of sp³-hybridized carbons (Fsp3) is 0.429. The van der Waals surface area contributed by atoms with E-state index in [0.29, 0.717) is 6.07 Å². The molecule has 22 heavy (non-hydrogen) atoms. The van der Waals surface area contributed by atoms with Crippen LogP contribution >= 0.6 is 0 Å². The van der Waals surface area contributed by atoms with E-state index in [-0.39, 0.29) is 19.0 Å². The zero-order valence-corrected chi connectivity index (χ0v) is 11.8. The van der Waals surface area contributed by atoms with Crippen LogP contribution < -0.4 is 10.6 Å². The van der Waals surface area contributed by atoms with Crippen molar-refractivity contribution in [3.63, 3.8) is 0 Å². The molecule has 0 aromatic heterocycles. The zero-order chi connectivity index (χ0) is 16.1. The SMILES string of the molecule is O=C(CN1CCCC1)NCC(=O)Nc1ccc(F)c(F)c1F. The second kappa shape index (κ2) is 7.26. The lowest BCUT2D eigenvalue weighted by Gasteiger charge is -2.14. The maximum Gasteiger partial charge on any atom is 0.243 e. The van der Waals surface area contributed by atoms with Crippen LogP contribution in [-0.2, 0) is 9.59 Å². The number of benzene rings is 1. The zero-order valence-electron chi connectivity index (χ0n) is 11.8. The fourth-order valence-corrected chi connectivity index (χ4v) is 2.20. The summed E-state index contributed by atoms with van der Waals surface area (Å²) < 4.78 is 39.1. The van der Waals surface area contributed by atoms with E-state index in [1.54, 1.807) is 0 Å². The van der Waals surface area contributed by atoms with Crippen molar-refractivity contribution in [1.82, 2.24) is 10.2 Å². The van der Waals surface area contributed by atoms with Crippen molar-refractivity contribution in [3.05, 3.63) is 29.6 Å². The van der Waals surface area contributed by atoms with Crippen molar-refractivity contribution in [2.45, 2.75) is 12.8 Å². The molecule has 1 heterocycles. The quantitative estimate of drug-likeness (QED) is 0.804. The van der Waals surface area contributed by atoms with Gasteiger partial charge in [-0.25, -0.2) is 13.2 Å². The van der Waals surface area contributed by atoms with Crippen LogP contribution in [0.5, 0.6) is 0 Å². The van der Waals surface area contributed by atoms with Crippen molar-refractivity contribution in [2.75, 3.05) is 31.5 Å². The molecule has 1 fully saturated rings. The second-order valence-corrected chi connectivity index (χ2v) is 5.03. The predicted molar refractivity (Wildman–Crippen MR) is 73.6 cm³/mol. The van der Waals surface area contributed by atoms with Gasteiger partial charge in [0.1, 0.15) is 0 Å². The first-order chi connectivity index (χ1) is 10.5. The third-order valence-electron chi connectivity index (χ3n) is 3.32. The highest BCUT2D eigenvalue weighted by Crippen LogP contribution is 2.19. The monoisotopic (exact) mass is 315 g/mol. The normalized spacial score (nSPS) is 14.9. The molecule has 1 aromatic carbocycles. The minimum Gasteiger partial charge on any atom is -0.346 e. The first kappa shape index (κ1) is 16.3. The van der Waals surface area contributed by atoms with Crippen LogP contribution in [0.1, 0.15) is 12.8 Å². The third-order valence-corrected chi connectivity index (χ3v) is 3.32. The largest absolute Gasteiger partial charge is 0.346 e. The topological polar surface area (TPSA) is 61.4 Å². The molecule has 1 aliphatic rings. The van der Waals surface area contributed by atoms with Crippen molar-refractivity contribution in [2.24, 2.45) is 0 Å². The Hall–Kier alpha value is -2.09. The van der Waals surface area contributed by atoms with E-state index in [1.807, 2.05) is 4.90 Å². The molecule has 0 radical (unpaired) electrons. The van der Waals surface area contributed by atoms with E-state index in [0.717, 1.165) is 32.0 Å². The number of rotatable bonds is 5. The van der Waals surface area contributed by atoms with Gasteiger partial charge in [-0.1, -0.05) is 0 Å². The van der Waals surface area contributed by atoms with Gasteiger partial charge in [-0.05, 0) is 38.1 Å². The molecule has 120 valence electrons. The average molecular weight is 315 g/mol. The van der Waals surface area contributed by atoms with Gasteiger partial charge in [0.25, 0.3) is 0 Å². The molecule has 0 atom stereocenters. The van der Waals surface area contributed by atoms with E-state index in [1.165, 1.54) is 0 Å². The van der Waals surface area contributed by atoms with Crippen LogP contribution in [0.4, 0.5) is 18.9 Å². The van der Waals surface area contributed by atoms with E-state index < -0.39 is 29.0 Å². The Balaban J connectivity index is 1.80. The Kier molecular flexibility index (Phi) is 5.37. The fourth-order valence-electron chi connectivity index (χ4n) is 2.20. The Morgan fingerprint density at radius 2 is 1.73 bits per heavy atom. The first-order valence-electron chi connectivity index (χ1n) is 6.90. The summed E-state index contributed by atoms with van der Waals surface area (Å²) in [5, 5.41) is 4.47. The number of amides is 2. The van der Waals surface area contributed by atoms with Crippen molar-refractivity contribution in [1.29, 1.82) is 0 Å². The summed E-state index contributed by atoms with van der Waals surface area (Å²) in [7, 11) is 0. The summed E-state index contributed by atoms with van der Waals surface area (Å²) >= 11 is 0. The maximum atomic E-state index is 13.4. The summed E-state index contributed by atoms with van der Waals surface area (Å²) in [5.41, 5.74) is -0.474. The number of nitrogens with zero attached hydrogens (tertiary/aromatic N) is 1. The molecule has 2 amide bonds. The molecule has 0 saturated carbocycles. The van der Waals surface area contributed by atoms with Gasteiger partial charge >= 0.3 is 0 Å². The van der Waals surface area contributed by atoms with Crippen LogP contribution in [0.15, 0.2) is 12.1 Å². The predicted octanol–water partition coefficient (Wildman–Crippen LogP) is 1.25. The van der Waals surface area contributed by atoms with Gasteiger partial charge < -0.3 is 10.6 Å². The van der Waals surface area contributed by atoms with E-state index in [2.05, 4.69) is 10.6 Å². The number of halogens is 3. The lowest BCUT2D eigenvalue weighted by molar-refractivity contribution is -0.124. The number of anilines is 1. The van der Waals surface area contributed by atoms with Gasteiger partial charge in [-0.2, -0.15) is 0 Å². The van der Waals surface area contributed by atoms with Gasteiger partial charge in [0.05, 0.1) is 18.8 Å². The van der Waals surface area contributed by atoms with E-state index >= 15 is 0 Å². The number of hydrogen-bond donors (Lipinski definition) is 2. The molecule has 1 aromatic rings. The minimum atomic E-state index is -1.66. The number of likely N-dealkylation sites (tertiary alicyclic amines) is 1. The van der Waals surface area contributed by atoms with Gasteiger partial charge in [0.2, 0.25) is 11.8 Å². The van der Waals surface area contributed by atoms with Crippen molar-refractivity contribution >= 4 is 17.5 Å². The molecule has 0 aliphatic carbocycles. The van der Waals surface area contributed by atoms with E-state index in [9.17, 15) is 22.8 Å². The van der Waals surface area contributed by atoms with Crippen LogP contribution in [0.2, 0.25) is 0 Å². The number of hydrogen-bond acceptors (Lipinski definition) is 3. The van der Waals surface area contributed by atoms with Gasteiger partial charge in [0, 0.05) is 0 Å². The van der Waals surface area contributed by atoms with Gasteiger partial charge in [-0.3, -0.25) is 14.5 Å². The first-order valence-corrected chi connectivity index (χ1v) is 6.90. The highest BCUT2D eigenvalue weighted by molar-refractivity contribution is 5.94. The lowest BCUT2D eigenvalue weighted by atomic mass is 10.2. The molecule has 0 bridgehead atoms. The highest BCUT2D eigenvalue weighted by Gasteiger charge is 2.17. The smallest absolute Gasteiger partial charge is 0.243 e. The molecule has 0 unspecified atom stereocenters. The summed E-state index contributed by atoms with van der Waals surface area (Å²) in [4.78, 5) is 25.1. The number of carbonyl (C=O) groups excluding carboxylic acids is 2. The molecule has 8 heteroatoms. The Bertz CT molecular complexity index is 575. The molecule has 2 N–H and O–H groups in total. The molecular formula is C14H16F3N3O2. The van der Waals surface area contributed by atoms with E-state index in [4.69, 9.17) is 0 Å². The number of nitrogens with one attached hydrogen (secondary N) is 2. The van der Waals surface area contributed by atoms with Crippen molar-refractivity contribution < 1.29 is 22.8 Å². The van der Waals surface area contributed by atoms with Crippen molar-refractivity contribution in [3.8, 4) is 0 Å². The average Bonchev–Trinajstić information content (AvgIpc) is 2.99. The molecule has 0 spiro atoms. The Labute approximate surface area is 125 Å². The van der Waals surface area contributed by atoms with Gasteiger partial charge in [-0.15, -0.1) is 0 Å². The Morgan fingerprint density at radius 1 is 1.05 bits per heavy atom. The van der Waals surface area contributed by atoms with Crippen LogP contribution in [0, 0.1) is 17.5 Å². The summed E-state index contributed by atoms with van der Waals surface area (Å²) in [6, 6.07) is 1.62. The lowest BCUT2D eigenvalue weighted by Crippen LogP contribution is -2.39. The Morgan fingerprint density at radius 3 is 2.41 bits per heavy atom. The van der Waals surface area contributed by atoms with Crippen LogP contribution in [0.25, 0.3) is 0 Å². The third kappa shape index (κ3) is 4.20. The number of carbonyl (C=O) groups is 2. The van der Waals surface area contributed by atoms with Gasteiger partial charge in [0.15, 0.2) is 17.5 Å². The molecule has 5 nitrogen and oxygen atoms in total. The molecule has 2 rings (SSSR count). The molecule has 1 saturated heterocycles. The van der Waals surface area contributed by atoms with Crippen LogP contribution in [0.3, 0.4) is 0 Å². The summed E-state index contributed by atoms with van der Waals surface area (Å²) in [5.74, 6) is -5.51. The highest BCUT2D eigenvalue weighted by atomic mass is 19.2. The maximum absolute atomic E-state index is 13.4.